The van der Waals surface area contributed by atoms with Crippen LogP contribution in [0.25, 0.3) is 0 Å². The number of carboxylic acids is 1. The highest BCUT2D eigenvalue weighted by Gasteiger charge is 2.34. The summed E-state index contributed by atoms with van der Waals surface area (Å²) < 4.78 is 13.4. The van der Waals surface area contributed by atoms with E-state index in [1.54, 1.807) is 6.07 Å². The molecule has 1 atom stereocenters. The van der Waals surface area contributed by atoms with Gasteiger partial charge in [-0.25, -0.2) is 9.38 Å². The topological polar surface area (TPSA) is 102 Å². The molecule has 1 aliphatic rings. The number of amidine groups is 1. The number of nitrogens with one attached hydrogen (secondary N) is 1. The van der Waals surface area contributed by atoms with Crippen molar-refractivity contribution in [2.24, 2.45) is 4.99 Å². The molecule has 1 fully saturated rings. The largest absolute Gasteiger partial charge is 0.545 e. The lowest BCUT2D eigenvalue weighted by atomic mass is 10.2. The number of halogens is 1. The first kappa shape index (κ1) is 19.6. The van der Waals surface area contributed by atoms with E-state index in [0.29, 0.717) is 5.69 Å². The van der Waals surface area contributed by atoms with Crippen molar-refractivity contribution in [2.45, 2.75) is 11.7 Å². The summed E-state index contributed by atoms with van der Waals surface area (Å²) in [5, 5.41) is 13.0. The summed E-state index contributed by atoms with van der Waals surface area (Å²) in [6.45, 7) is 0. The number of hydrogen-bond donors (Lipinski definition) is 1. The van der Waals surface area contributed by atoms with Gasteiger partial charge in [0.05, 0.1) is 11.7 Å². The third-order valence-corrected chi connectivity index (χ3v) is 5.20. The summed E-state index contributed by atoms with van der Waals surface area (Å²) in [4.78, 5) is 41.4. The Kier molecular flexibility index (Phi) is 5.74. The van der Waals surface area contributed by atoms with Gasteiger partial charge in [0, 0.05) is 19.2 Å². The molecule has 1 saturated heterocycles. The molecule has 0 bridgehead atoms. The zero-order valence-electron chi connectivity index (χ0n) is 14.7. The molecule has 3 rings (SSSR count). The number of rotatable bonds is 4. The number of nitrogens with zero attached hydrogens (tertiary/aromatic N) is 2. The van der Waals surface area contributed by atoms with Crippen LogP contribution in [0, 0.1) is 5.82 Å². The second-order valence-electron chi connectivity index (χ2n) is 6.00. The van der Waals surface area contributed by atoms with Crippen molar-refractivity contribution in [3.8, 4) is 0 Å². The van der Waals surface area contributed by atoms with Crippen molar-refractivity contribution in [3.05, 3.63) is 59.9 Å². The Hall–Kier alpha value is -3.20. The Bertz CT molecular complexity index is 979. The van der Waals surface area contributed by atoms with Gasteiger partial charge in [-0.3, -0.25) is 14.5 Å². The Morgan fingerprint density at radius 2 is 2.00 bits per heavy atom. The maximum atomic E-state index is 13.4. The van der Waals surface area contributed by atoms with Crippen LogP contribution in [0.15, 0.2) is 53.5 Å². The fourth-order valence-corrected chi connectivity index (χ4v) is 3.56. The molecule has 0 radical (unpaired) electrons. The predicted octanol–water partition coefficient (Wildman–Crippen LogP) is 1.78. The lowest BCUT2D eigenvalue weighted by Crippen LogP contribution is -2.43. The molecule has 1 aliphatic heterocycles. The molecule has 2 amide bonds. The quantitative estimate of drug-likeness (QED) is 0.843. The van der Waals surface area contributed by atoms with Crippen LogP contribution in [-0.2, 0) is 9.59 Å². The van der Waals surface area contributed by atoms with Crippen molar-refractivity contribution in [1.82, 2.24) is 4.90 Å². The van der Waals surface area contributed by atoms with E-state index in [1.807, 2.05) is 0 Å². The van der Waals surface area contributed by atoms with Gasteiger partial charge in [-0.05, 0) is 35.9 Å². The van der Waals surface area contributed by atoms with Gasteiger partial charge >= 0.3 is 0 Å². The second-order valence-corrected chi connectivity index (χ2v) is 7.17. The number of carbonyl (C=O) groups excluding carboxylic acids is 3. The molecule has 0 spiro atoms. The minimum atomic E-state index is -1.36. The van der Waals surface area contributed by atoms with Crippen molar-refractivity contribution >= 4 is 46.1 Å². The lowest BCUT2D eigenvalue weighted by molar-refractivity contribution is -0.255. The number of thioether (sulfide) groups is 1. The molecular formula is C19H15FN3O4S-. The smallest absolute Gasteiger partial charge is 0.238 e. The summed E-state index contributed by atoms with van der Waals surface area (Å²) >= 11 is 1.07. The fraction of sp³-hybridized carbons (Fsp3) is 0.158. The van der Waals surface area contributed by atoms with Gasteiger partial charge in [0.1, 0.15) is 11.1 Å². The van der Waals surface area contributed by atoms with Crippen LogP contribution in [0.3, 0.4) is 0 Å². The van der Waals surface area contributed by atoms with E-state index < -0.39 is 22.9 Å². The molecule has 28 heavy (non-hydrogen) atoms. The van der Waals surface area contributed by atoms with Crippen molar-refractivity contribution in [3.63, 3.8) is 0 Å². The van der Waals surface area contributed by atoms with Gasteiger partial charge in [-0.1, -0.05) is 30.0 Å². The molecule has 7 nitrogen and oxygen atoms in total. The van der Waals surface area contributed by atoms with Gasteiger partial charge < -0.3 is 15.2 Å². The van der Waals surface area contributed by atoms with Crippen LogP contribution < -0.4 is 10.4 Å². The van der Waals surface area contributed by atoms with Crippen LogP contribution in [0.4, 0.5) is 15.8 Å². The van der Waals surface area contributed by atoms with Gasteiger partial charge in [0.15, 0.2) is 5.17 Å². The Balaban J connectivity index is 1.78. The van der Waals surface area contributed by atoms with E-state index in [1.165, 1.54) is 54.4 Å². The van der Waals surface area contributed by atoms with Crippen LogP contribution in [0.5, 0.6) is 0 Å². The molecule has 144 valence electrons. The van der Waals surface area contributed by atoms with E-state index in [-0.39, 0.29) is 28.7 Å². The van der Waals surface area contributed by atoms with Crippen LogP contribution in [0.2, 0.25) is 0 Å². The highest BCUT2D eigenvalue weighted by molar-refractivity contribution is 8.15. The monoisotopic (exact) mass is 400 g/mol. The van der Waals surface area contributed by atoms with Crippen molar-refractivity contribution < 1.29 is 23.9 Å². The molecule has 2 aromatic rings. The minimum Gasteiger partial charge on any atom is -0.545 e. The summed E-state index contributed by atoms with van der Waals surface area (Å²) in [6.07, 6.45) is -0.0463. The summed E-state index contributed by atoms with van der Waals surface area (Å²) in [5.74, 6) is -2.59. The maximum Gasteiger partial charge on any atom is 0.238 e. The van der Waals surface area contributed by atoms with Gasteiger partial charge in [0.25, 0.3) is 0 Å². The zero-order chi connectivity index (χ0) is 20.3. The molecule has 0 aliphatic carbocycles. The van der Waals surface area contributed by atoms with E-state index in [2.05, 4.69) is 10.3 Å². The van der Waals surface area contributed by atoms with E-state index in [4.69, 9.17) is 0 Å². The number of aromatic carboxylic acids is 1. The van der Waals surface area contributed by atoms with Gasteiger partial charge in [0.2, 0.25) is 11.8 Å². The molecule has 1 N–H and O–H groups in total. The average molecular weight is 400 g/mol. The number of aliphatic imine (C=N–C) groups is 1. The third kappa shape index (κ3) is 4.55. The van der Waals surface area contributed by atoms with Crippen LogP contribution >= 0.6 is 11.8 Å². The van der Waals surface area contributed by atoms with E-state index in [0.717, 1.165) is 11.8 Å². The Morgan fingerprint density at radius 3 is 2.71 bits per heavy atom. The first-order valence-corrected chi connectivity index (χ1v) is 9.11. The highest BCUT2D eigenvalue weighted by atomic mass is 32.2. The number of benzene rings is 2. The molecule has 2 aromatic carbocycles. The molecule has 1 heterocycles. The number of carboxylic acid groups (broad SMARTS) is 1. The minimum absolute atomic E-state index is 0.0463. The summed E-state index contributed by atoms with van der Waals surface area (Å²) in [7, 11) is 1.53. The van der Waals surface area contributed by atoms with Crippen LogP contribution in [-0.4, -0.2) is 40.1 Å². The Labute approximate surface area is 164 Å². The van der Waals surface area contributed by atoms with Gasteiger partial charge in [-0.2, -0.15) is 0 Å². The molecular weight excluding hydrogens is 385 g/mol. The fourth-order valence-electron chi connectivity index (χ4n) is 2.50. The zero-order valence-corrected chi connectivity index (χ0v) is 15.5. The maximum absolute atomic E-state index is 13.4. The summed E-state index contributed by atoms with van der Waals surface area (Å²) in [6, 6.07) is 11.2. The molecule has 0 unspecified atom stereocenters. The SMILES string of the molecule is CN1C(=O)C[C@@H](C(=O)Nc2cccc(C(=O)[O-])c2)SC1=Nc1cccc(F)c1. The third-order valence-electron chi connectivity index (χ3n) is 3.96. The van der Waals surface area contributed by atoms with Gasteiger partial charge in [-0.15, -0.1) is 0 Å². The predicted molar refractivity (Wildman–Crippen MR) is 102 cm³/mol. The molecule has 9 heteroatoms. The molecule has 0 aromatic heterocycles. The first-order valence-electron chi connectivity index (χ1n) is 8.23. The highest BCUT2D eigenvalue weighted by Crippen LogP contribution is 2.29. The van der Waals surface area contributed by atoms with Crippen molar-refractivity contribution in [2.75, 3.05) is 12.4 Å². The molecule has 0 saturated carbocycles. The normalized spacial score (nSPS) is 18.2. The van der Waals surface area contributed by atoms with E-state index in [9.17, 15) is 23.9 Å². The lowest BCUT2D eigenvalue weighted by Gasteiger charge is -2.28. The summed E-state index contributed by atoms with van der Waals surface area (Å²) in [5.41, 5.74) is 0.533. The number of anilines is 1. The number of carbonyl (C=O) groups is 3. The Morgan fingerprint density at radius 1 is 1.25 bits per heavy atom. The van der Waals surface area contributed by atoms with E-state index >= 15 is 0 Å². The number of amides is 2. The standard InChI is InChI=1S/C19H16FN3O4S/c1-23-16(24)10-15(28-19(23)22-14-7-3-5-12(20)9-14)17(25)21-13-6-2-4-11(8-13)18(26)27/h2-9,15H,10H2,1H3,(H,21,25)(H,26,27)/p-1/t15-/m0/s1. The van der Waals surface area contributed by atoms with Crippen LogP contribution in [0.1, 0.15) is 16.8 Å². The van der Waals surface area contributed by atoms with Crippen molar-refractivity contribution in [1.29, 1.82) is 0 Å². The second kappa shape index (κ2) is 8.22. The average Bonchev–Trinajstić information content (AvgIpc) is 2.65. The number of hydrogen-bond acceptors (Lipinski definition) is 6. The first-order chi connectivity index (χ1) is 13.3.